The summed E-state index contributed by atoms with van der Waals surface area (Å²) in [5.41, 5.74) is 2.92. The molecule has 3 aromatic rings. The molecule has 0 saturated carbocycles. The molecule has 132 valence electrons. The van der Waals surface area contributed by atoms with Gasteiger partial charge in [0.25, 0.3) is 0 Å². The number of benzene rings is 2. The number of hydrogen-bond acceptors (Lipinski definition) is 1. The summed E-state index contributed by atoms with van der Waals surface area (Å²) >= 11 is 11.7. The summed E-state index contributed by atoms with van der Waals surface area (Å²) in [5, 5.41) is 4.44. The second-order valence-electron chi connectivity index (χ2n) is 6.21. The van der Waals surface area contributed by atoms with Gasteiger partial charge < -0.3 is 14.8 Å². The van der Waals surface area contributed by atoms with Crippen LogP contribution in [0.2, 0.25) is 5.02 Å². The first kappa shape index (κ1) is 17.1. The molecular formula is C20H17ClFN3S. The SMILES string of the molecule is Fc1cccc(NC(=S)N2CCn3cccc3[C@H]2c2ccc(Cl)cc2)c1. The van der Waals surface area contributed by atoms with Crippen molar-refractivity contribution in [2.45, 2.75) is 12.6 Å². The Morgan fingerprint density at radius 3 is 2.65 bits per heavy atom. The molecule has 1 atom stereocenters. The van der Waals surface area contributed by atoms with E-state index in [-0.39, 0.29) is 11.9 Å². The summed E-state index contributed by atoms with van der Waals surface area (Å²) in [5.74, 6) is -0.292. The summed E-state index contributed by atoms with van der Waals surface area (Å²) in [6, 6.07) is 18.3. The fourth-order valence-corrected chi connectivity index (χ4v) is 3.80. The number of nitrogens with zero attached hydrogens (tertiary/aromatic N) is 2. The van der Waals surface area contributed by atoms with Crippen molar-refractivity contribution in [3.63, 3.8) is 0 Å². The Hall–Kier alpha value is -2.37. The Bertz CT molecular complexity index is 938. The van der Waals surface area contributed by atoms with Gasteiger partial charge in [-0.15, -0.1) is 0 Å². The molecule has 0 aliphatic carbocycles. The maximum absolute atomic E-state index is 13.5. The van der Waals surface area contributed by atoms with Gasteiger partial charge in [0.2, 0.25) is 0 Å². The first-order valence-electron chi connectivity index (χ1n) is 8.35. The van der Waals surface area contributed by atoms with Crippen molar-refractivity contribution in [2.24, 2.45) is 0 Å². The van der Waals surface area contributed by atoms with E-state index in [1.807, 2.05) is 30.3 Å². The zero-order valence-electron chi connectivity index (χ0n) is 13.9. The number of hydrogen-bond donors (Lipinski definition) is 1. The fourth-order valence-electron chi connectivity index (χ4n) is 3.36. The van der Waals surface area contributed by atoms with Gasteiger partial charge in [-0.25, -0.2) is 4.39 Å². The minimum Gasteiger partial charge on any atom is -0.348 e. The van der Waals surface area contributed by atoms with Gasteiger partial charge in [0, 0.05) is 35.7 Å². The number of anilines is 1. The molecule has 2 aromatic carbocycles. The second-order valence-corrected chi connectivity index (χ2v) is 7.04. The highest BCUT2D eigenvalue weighted by Gasteiger charge is 2.30. The average molecular weight is 386 g/mol. The normalized spacial score (nSPS) is 16.2. The number of halogens is 2. The molecule has 1 aliphatic rings. The van der Waals surface area contributed by atoms with Crippen LogP contribution in [0, 0.1) is 5.82 Å². The topological polar surface area (TPSA) is 20.2 Å². The first-order chi connectivity index (χ1) is 12.6. The van der Waals surface area contributed by atoms with Crippen LogP contribution in [0.15, 0.2) is 66.9 Å². The number of aromatic nitrogens is 1. The molecule has 0 radical (unpaired) electrons. The molecule has 0 amide bonds. The third-order valence-corrected chi connectivity index (χ3v) is 5.15. The molecule has 4 rings (SSSR count). The van der Waals surface area contributed by atoms with E-state index in [0.29, 0.717) is 15.8 Å². The van der Waals surface area contributed by atoms with Gasteiger partial charge in [0.1, 0.15) is 5.82 Å². The number of nitrogens with one attached hydrogen (secondary N) is 1. The molecule has 3 nitrogen and oxygen atoms in total. The highest BCUT2D eigenvalue weighted by molar-refractivity contribution is 7.80. The highest BCUT2D eigenvalue weighted by atomic mass is 35.5. The molecule has 0 unspecified atom stereocenters. The average Bonchev–Trinajstić information content (AvgIpc) is 3.10. The molecule has 0 fully saturated rings. The van der Waals surface area contributed by atoms with Crippen molar-refractivity contribution in [3.05, 3.63) is 89.0 Å². The van der Waals surface area contributed by atoms with Gasteiger partial charge in [0.05, 0.1) is 6.04 Å². The minimum absolute atomic E-state index is 0.0235. The van der Waals surface area contributed by atoms with Crippen LogP contribution in [-0.2, 0) is 6.54 Å². The van der Waals surface area contributed by atoms with Crippen LogP contribution in [-0.4, -0.2) is 21.1 Å². The molecule has 1 N–H and O–H groups in total. The Morgan fingerprint density at radius 1 is 1.08 bits per heavy atom. The Balaban J connectivity index is 1.67. The van der Waals surface area contributed by atoms with Crippen LogP contribution in [0.4, 0.5) is 10.1 Å². The van der Waals surface area contributed by atoms with E-state index in [2.05, 4.69) is 27.0 Å². The summed E-state index contributed by atoms with van der Waals surface area (Å²) < 4.78 is 15.7. The van der Waals surface area contributed by atoms with Gasteiger partial charge in [0.15, 0.2) is 5.11 Å². The molecule has 1 aromatic heterocycles. The molecule has 0 spiro atoms. The van der Waals surface area contributed by atoms with Gasteiger partial charge in [-0.05, 0) is 60.2 Å². The maximum Gasteiger partial charge on any atom is 0.174 e. The van der Waals surface area contributed by atoms with Crippen LogP contribution in [0.5, 0.6) is 0 Å². The third kappa shape index (κ3) is 3.32. The predicted octanol–water partition coefficient (Wildman–Crippen LogP) is 5.08. The molecule has 0 bridgehead atoms. The highest BCUT2D eigenvalue weighted by Crippen LogP contribution is 2.33. The van der Waals surface area contributed by atoms with Gasteiger partial charge >= 0.3 is 0 Å². The Kier molecular flexibility index (Phi) is 4.66. The molecule has 0 saturated heterocycles. The van der Waals surface area contributed by atoms with Crippen molar-refractivity contribution in [3.8, 4) is 0 Å². The van der Waals surface area contributed by atoms with Gasteiger partial charge in [-0.1, -0.05) is 29.8 Å². The van der Waals surface area contributed by atoms with E-state index in [1.165, 1.54) is 17.8 Å². The zero-order valence-corrected chi connectivity index (χ0v) is 15.5. The predicted molar refractivity (Wildman–Crippen MR) is 107 cm³/mol. The standard InChI is InChI=1S/C20H17ClFN3S/c21-15-8-6-14(7-9-15)19-18-5-2-10-24(18)11-12-25(19)20(26)23-17-4-1-3-16(22)13-17/h1-10,13,19H,11-12H2,(H,23,26)/t19-/m1/s1. The van der Waals surface area contributed by atoms with Crippen LogP contribution >= 0.6 is 23.8 Å². The molecule has 26 heavy (non-hydrogen) atoms. The summed E-state index contributed by atoms with van der Waals surface area (Å²) in [7, 11) is 0. The summed E-state index contributed by atoms with van der Waals surface area (Å²) in [6.45, 7) is 1.60. The van der Waals surface area contributed by atoms with Crippen molar-refractivity contribution in [1.82, 2.24) is 9.47 Å². The summed E-state index contributed by atoms with van der Waals surface area (Å²) in [4.78, 5) is 2.14. The maximum atomic E-state index is 13.5. The molecule has 1 aliphatic heterocycles. The molecule has 2 heterocycles. The molecular weight excluding hydrogens is 369 g/mol. The lowest BCUT2D eigenvalue weighted by atomic mass is 10.0. The lowest BCUT2D eigenvalue weighted by molar-refractivity contribution is 0.293. The van der Waals surface area contributed by atoms with E-state index < -0.39 is 0 Å². The third-order valence-electron chi connectivity index (χ3n) is 4.56. The number of rotatable bonds is 2. The van der Waals surface area contributed by atoms with E-state index in [1.54, 1.807) is 12.1 Å². The monoisotopic (exact) mass is 385 g/mol. The lowest BCUT2D eigenvalue weighted by Crippen LogP contribution is -2.44. The largest absolute Gasteiger partial charge is 0.348 e. The molecule has 6 heteroatoms. The van der Waals surface area contributed by atoms with Gasteiger partial charge in [-0.3, -0.25) is 0 Å². The first-order valence-corrected chi connectivity index (χ1v) is 9.14. The minimum atomic E-state index is -0.292. The van der Waals surface area contributed by atoms with Crippen LogP contribution in [0.1, 0.15) is 17.3 Å². The number of thiocarbonyl (C=S) groups is 1. The van der Waals surface area contributed by atoms with Crippen molar-refractivity contribution in [1.29, 1.82) is 0 Å². The van der Waals surface area contributed by atoms with Crippen LogP contribution in [0.3, 0.4) is 0 Å². The fraction of sp³-hybridized carbons (Fsp3) is 0.150. The summed E-state index contributed by atoms with van der Waals surface area (Å²) in [6.07, 6.45) is 2.08. The number of fused-ring (bicyclic) bond motifs is 1. The van der Waals surface area contributed by atoms with Crippen molar-refractivity contribution in [2.75, 3.05) is 11.9 Å². The second kappa shape index (κ2) is 7.09. The van der Waals surface area contributed by atoms with Gasteiger partial charge in [-0.2, -0.15) is 0 Å². The van der Waals surface area contributed by atoms with E-state index in [4.69, 9.17) is 23.8 Å². The lowest BCUT2D eigenvalue weighted by Gasteiger charge is -2.39. The van der Waals surface area contributed by atoms with Crippen molar-refractivity contribution < 1.29 is 4.39 Å². The quantitative estimate of drug-likeness (QED) is 0.621. The Morgan fingerprint density at radius 2 is 1.88 bits per heavy atom. The van der Waals surface area contributed by atoms with E-state index in [0.717, 1.165) is 18.7 Å². The van der Waals surface area contributed by atoms with Crippen LogP contribution in [0.25, 0.3) is 0 Å². The Labute approximate surface area is 162 Å². The smallest absolute Gasteiger partial charge is 0.174 e. The van der Waals surface area contributed by atoms with E-state index in [9.17, 15) is 4.39 Å². The van der Waals surface area contributed by atoms with E-state index >= 15 is 0 Å². The zero-order chi connectivity index (χ0) is 18.1. The van der Waals surface area contributed by atoms with Crippen molar-refractivity contribution >= 4 is 34.6 Å². The van der Waals surface area contributed by atoms with Crippen LogP contribution < -0.4 is 5.32 Å².